The number of thiophene rings is 1. The highest BCUT2D eigenvalue weighted by Gasteiger charge is 2.40. The predicted octanol–water partition coefficient (Wildman–Crippen LogP) is 2.41. The van der Waals surface area contributed by atoms with Crippen LogP contribution in [0.4, 0.5) is 13.2 Å². The Morgan fingerprint density at radius 3 is 2.93 bits per heavy atom. The first kappa shape index (κ1) is 10.5. The molecule has 0 radical (unpaired) electrons. The van der Waals surface area contributed by atoms with Crippen LogP contribution in [0.2, 0.25) is 0 Å². The van der Waals surface area contributed by atoms with Gasteiger partial charge in [0.15, 0.2) is 0 Å². The molecule has 1 aromatic heterocycles. The topological polar surface area (TPSA) is 29.1 Å². The summed E-state index contributed by atoms with van der Waals surface area (Å²) < 4.78 is 36.0. The lowest BCUT2D eigenvalue weighted by atomic mass is 10.2. The molecule has 15 heavy (non-hydrogen) atoms. The van der Waals surface area contributed by atoms with Gasteiger partial charge in [-0.3, -0.25) is 4.79 Å². The van der Waals surface area contributed by atoms with Gasteiger partial charge in [-0.25, -0.2) is 0 Å². The monoisotopic (exact) mass is 235 g/mol. The summed E-state index contributed by atoms with van der Waals surface area (Å²) in [5, 5.41) is 3.83. The van der Waals surface area contributed by atoms with Crippen LogP contribution in [0.1, 0.15) is 22.9 Å². The van der Waals surface area contributed by atoms with Crippen molar-refractivity contribution >= 4 is 17.2 Å². The number of nitrogens with one attached hydrogen (secondary N) is 1. The molecule has 1 atom stereocenters. The molecule has 0 saturated carbocycles. The highest BCUT2D eigenvalue weighted by molar-refractivity contribution is 7.10. The second-order valence-corrected chi connectivity index (χ2v) is 4.36. The van der Waals surface area contributed by atoms with Gasteiger partial charge in [0, 0.05) is 4.88 Å². The molecule has 2 nitrogen and oxygen atoms in total. The van der Waals surface area contributed by atoms with Crippen molar-refractivity contribution in [2.24, 2.45) is 0 Å². The number of amides is 1. The molecule has 0 fully saturated rings. The van der Waals surface area contributed by atoms with Crippen LogP contribution in [0.5, 0.6) is 0 Å². The van der Waals surface area contributed by atoms with Crippen molar-refractivity contribution in [3.05, 3.63) is 21.9 Å². The smallest absolute Gasteiger partial charge is 0.341 e. The van der Waals surface area contributed by atoms with E-state index in [4.69, 9.17) is 0 Å². The highest BCUT2D eigenvalue weighted by Crippen LogP contribution is 2.35. The summed E-state index contributed by atoms with van der Waals surface area (Å²) in [7, 11) is 0. The third kappa shape index (κ3) is 1.99. The van der Waals surface area contributed by atoms with E-state index in [1.54, 1.807) is 6.07 Å². The lowest BCUT2D eigenvalue weighted by Gasteiger charge is -2.14. The van der Waals surface area contributed by atoms with Gasteiger partial charge in [0.2, 0.25) is 0 Å². The Labute approximate surface area is 88.1 Å². The van der Waals surface area contributed by atoms with E-state index in [9.17, 15) is 18.0 Å². The molecule has 1 aromatic rings. The van der Waals surface area contributed by atoms with Gasteiger partial charge in [0.05, 0.1) is 6.04 Å². The van der Waals surface area contributed by atoms with Crippen molar-refractivity contribution in [2.75, 3.05) is 0 Å². The van der Waals surface area contributed by atoms with E-state index < -0.39 is 18.1 Å². The molecule has 82 valence electrons. The van der Waals surface area contributed by atoms with Crippen LogP contribution in [0.25, 0.3) is 0 Å². The quantitative estimate of drug-likeness (QED) is 0.795. The number of hydrogen-bond acceptors (Lipinski definition) is 2. The van der Waals surface area contributed by atoms with E-state index in [1.807, 2.05) is 10.7 Å². The van der Waals surface area contributed by atoms with E-state index in [1.165, 1.54) is 11.3 Å². The van der Waals surface area contributed by atoms with Gasteiger partial charge in [-0.05, 0) is 29.9 Å². The fraction of sp³-hybridized carbons (Fsp3) is 0.444. The first-order chi connectivity index (χ1) is 6.98. The maximum absolute atomic E-state index is 12.0. The fourth-order valence-corrected chi connectivity index (χ4v) is 2.65. The summed E-state index contributed by atoms with van der Waals surface area (Å²) in [5.41, 5.74) is 0.831. The molecule has 0 aromatic carbocycles. The van der Waals surface area contributed by atoms with Gasteiger partial charge < -0.3 is 5.32 Å². The summed E-state index contributed by atoms with van der Waals surface area (Å²) >= 11 is 1.52. The van der Waals surface area contributed by atoms with E-state index in [-0.39, 0.29) is 0 Å². The second-order valence-electron chi connectivity index (χ2n) is 3.36. The molecule has 0 saturated heterocycles. The van der Waals surface area contributed by atoms with Crippen molar-refractivity contribution in [1.29, 1.82) is 0 Å². The lowest BCUT2D eigenvalue weighted by molar-refractivity contribution is -0.174. The summed E-state index contributed by atoms with van der Waals surface area (Å²) in [6.45, 7) is 0. The van der Waals surface area contributed by atoms with Gasteiger partial charge >= 0.3 is 12.1 Å². The Balaban J connectivity index is 2.07. The van der Waals surface area contributed by atoms with E-state index in [2.05, 4.69) is 0 Å². The van der Waals surface area contributed by atoms with Crippen LogP contribution in [0, 0.1) is 0 Å². The van der Waals surface area contributed by atoms with Gasteiger partial charge in [-0.15, -0.1) is 11.3 Å². The van der Waals surface area contributed by atoms with Crippen LogP contribution in [0.3, 0.4) is 0 Å². The Morgan fingerprint density at radius 2 is 2.27 bits per heavy atom. The molecule has 2 rings (SSSR count). The summed E-state index contributed by atoms with van der Waals surface area (Å²) in [4.78, 5) is 11.8. The number of aryl methyl sites for hydroxylation is 1. The van der Waals surface area contributed by atoms with Crippen LogP contribution >= 0.6 is 11.3 Å². The standard InChI is InChI=1S/C9H8F3NOS/c10-9(11,12)8(14)13-6-1-2-7-5(6)3-4-15-7/h3-4,6H,1-2H2,(H,13,14). The molecular formula is C9H8F3NOS. The minimum atomic E-state index is -4.79. The Hall–Kier alpha value is -1.04. The van der Waals surface area contributed by atoms with E-state index >= 15 is 0 Å². The summed E-state index contributed by atoms with van der Waals surface area (Å²) in [6.07, 6.45) is -3.49. The van der Waals surface area contributed by atoms with Crippen molar-refractivity contribution < 1.29 is 18.0 Å². The molecule has 0 aliphatic heterocycles. The van der Waals surface area contributed by atoms with Gasteiger partial charge in [0.25, 0.3) is 0 Å². The number of carbonyl (C=O) groups excluding carboxylic acids is 1. The van der Waals surface area contributed by atoms with Crippen LogP contribution < -0.4 is 5.32 Å². The Morgan fingerprint density at radius 1 is 1.53 bits per heavy atom. The zero-order valence-electron chi connectivity index (χ0n) is 7.60. The Kier molecular flexibility index (Phi) is 2.46. The molecule has 6 heteroatoms. The number of carbonyl (C=O) groups is 1. The molecule has 0 bridgehead atoms. The number of hydrogen-bond donors (Lipinski definition) is 1. The number of halogens is 3. The first-order valence-electron chi connectivity index (χ1n) is 4.42. The molecule has 1 unspecified atom stereocenters. The third-order valence-corrected chi connectivity index (χ3v) is 3.37. The highest BCUT2D eigenvalue weighted by atomic mass is 32.1. The van der Waals surface area contributed by atoms with Gasteiger partial charge in [-0.2, -0.15) is 13.2 Å². The first-order valence-corrected chi connectivity index (χ1v) is 5.30. The largest absolute Gasteiger partial charge is 0.471 e. The lowest BCUT2D eigenvalue weighted by Crippen LogP contribution is -2.38. The molecule has 1 aliphatic carbocycles. The zero-order valence-corrected chi connectivity index (χ0v) is 8.41. The molecule has 1 N–H and O–H groups in total. The van der Waals surface area contributed by atoms with Crippen molar-refractivity contribution in [1.82, 2.24) is 5.32 Å². The minimum absolute atomic E-state index is 0.472. The fourth-order valence-electron chi connectivity index (χ4n) is 1.69. The van der Waals surface area contributed by atoms with Crippen molar-refractivity contribution in [3.8, 4) is 0 Å². The zero-order chi connectivity index (χ0) is 11.1. The SMILES string of the molecule is O=C(NC1CCc2sccc21)C(F)(F)F. The molecular weight excluding hydrogens is 227 g/mol. The third-order valence-electron chi connectivity index (χ3n) is 2.38. The van der Waals surface area contributed by atoms with E-state index in [0.717, 1.165) is 16.9 Å². The van der Waals surface area contributed by atoms with Crippen LogP contribution in [-0.2, 0) is 11.2 Å². The number of rotatable bonds is 1. The van der Waals surface area contributed by atoms with Gasteiger partial charge in [0.1, 0.15) is 0 Å². The minimum Gasteiger partial charge on any atom is -0.341 e. The van der Waals surface area contributed by atoms with Crippen molar-refractivity contribution in [3.63, 3.8) is 0 Å². The molecule has 1 heterocycles. The maximum Gasteiger partial charge on any atom is 0.471 e. The molecule has 1 aliphatic rings. The average Bonchev–Trinajstić information content (AvgIpc) is 2.67. The predicted molar refractivity (Wildman–Crippen MR) is 49.6 cm³/mol. The van der Waals surface area contributed by atoms with Crippen LogP contribution in [0.15, 0.2) is 11.4 Å². The normalized spacial score (nSPS) is 20.1. The number of fused-ring (bicyclic) bond motifs is 1. The van der Waals surface area contributed by atoms with Gasteiger partial charge in [-0.1, -0.05) is 0 Å². The summed E-state index contributed by atoms with van der Waals surface area (Å²) in [5.74, 6) is -1.86. The summed E-state index contributed by atoms with van der Waals surface area (Å²) in [6, 6.07) is 1.30. The van der Waals surface area contributed by atoms with Crippen molar-refractivity contribution in [2.45, 2.75) is 25.1 Å². The average molecular weight is 235 g/mol. The maximum atomic E-state index is 12.0. The second kappa shape index (κ2) is 3.52. The number of alkyl halides is 3. The Bertz CT molecular complexity index is 385. The van der Waals surface area contributed by atoms with E-state index in [0.29, 0.717) is 6.42 Å². The molecule has 0 spiro atoms. The van der Waals surface area contributed by atoms with Crippen LogP contribution in [-0.4, -0.2) is 12.1 Å². The molecule has 1 amide bonds.